The number of H-pyrrole nitrogens is 1. The van der Waals surface area contributed by atoms with E-state index in [2.05, 4.69) is 10.2 Å². The summed E-state index contributed by atoms with van der Waals surface area (Å²) in [6.45, 7) is 2.79. The fourth-order valence-corrected chi connectivity index (χ4v) is 3.74. The van der Waals surface area contributed by atoms with Crippen LogP contribution in [0.3, 0.4) is 0 Å². The average molecular weight is 350 g/mol. The van der Waals surface area contributed by atoms with Crippen LogP contribution in [-0.4, -0.2) is 43.8 Å². The van der Waals surface area contributed by atoms with Gasteiger partial charge in [-0.3, -0.25) is 9.89 Å². The van der Waals surface area contributed by atoms with E-state index < -0.39 is 5.60 Å². The van der Waals surface area contributed by atoms with E-state index in [1.807, 2.05) is 61.1 Å². The molecule has 1 aliphatic heterocycles. The van der Waals surface area contributed by atoms with Gasteiger partial charge in [0.25, 0.3) is 5.91 Å². The summed E-state index contributed by atoms with van der Waals surface area (Å²) >= 11 is 0. The molecule has 0 radical (unpaired) electrons. The number of nitrogens with zero attached hydrogens (tertiary/aromatic N) is 3. The van der Waals surface area contributed by atoms with Crippen molar-refractivity contribution in [1.82, 2.24) is 19.7 Å². The minimum atomic E-state index is -0.998. The summed E-state index contributed by atoms with van der Waals surface area (Å²) in [5.41, 5.74) is 3.05. The number of amides is 1. The third kappa shape index (κ3) is 2.72. The number of hydrogen-bond donors (Lipinski definition) is 2. The Morgan fingerprint density at radius 3 is 2.81 bits per heavy atom. The lowest BCUT2D eigenvalue weighted by atomic mass is 9.89. The van der Waals surface area contributed by atoms with E-state index in [4.69, 9.17) is 0 Å². The molecule has 1 aromatic carbocycles. The minimum absolute atomic E-state index is 0.137. The highest BCUT2D eigenvalue weighted by Crippen LogP contribution is 2.34. The summed E-state index contributed by atoms with van der Waals surface area (Å²) in [4.78, 5) is 14.5. The van der Waals surface area contributed by atoms with E-state index in [-0.39, 0.29) is 12.5 Å². The SMILES string of the molecule is Cc1ccccc1C1(O)CCN(C(=O)c2cc(-c3cccn3C)n[nH]2)C1. The number of aliphatic hydroxyl groups is 1. The van der Waals surface area contributed by atoms with Crippen LogP contribution in [0.25, 0.3) is 11.4 Å². The Kier molecular flexibility index (Phi) is 3.92. The second-order valence-electron chi connectivity index (χ2n) is 6.99. The van der Waals surface area contributed by atoms with Gasteiger partial charge < -0.3 is 14.6 Å². The molecule has 4 rings (SSSR count). The molecule has 0 aliphatic carbocycles. The van der Waals surface area contributed by atoms with Gasteiger partial charge in [-0.05, 0) is 42.7 Å². The number of nitrogens with one attached hydrogen (secondary N) is 1. The maximum atomic E-state index is 12.9. The molecule has 2 N–H and O–H groups in total. The van der Waals surface area contributed by atoms with Gasteiger partial charge in [0.15, 0.2) is 0 Å². The van der Waals surface area contributed by atoms with Gasteiger partial charge in [-0.15, -0.1) is 0 Å². The van der Waals surface area contributed by atoms with Crippen LogP contribution in [0, 0.1) is 6.92 Å². The highest BCUT2D eigenvalue weighted by Gasteiger charge is 2.40. The predicted molar refractivity (Wildman–Crippen MR) is 98.6 cm³/mol. The van der Waals surface area contributed by atoms with Crippen LogP contribution in [0.4, 0.5) is 0 Å². The van der Waals surface area contributed by atoms with Crippen molar-refractivity contribution in [2.45, 2.75) is 18.9 Å². The normalized spacial score (nSPS) is 19.9. The number of aromatic amines is 1. The smallest absolute Gasteiger partial charge is 0.271 e. The molecule has 2 aromatic heterocycles. The fourth-order valence-electron chi connectivity index (χ4n) is 3.74. The van der Waals surface area contributed by atoms with E-state index in [0.29, 0.717) is 18.7 Å². The number of β-amino-alcohol motifs (C(OH)–C–C–N with tert-alkyl or cyclic N) is 1. The van der Waals surface area contributed by atoms with Crippen molar-refractivity contribution < 1.29 is 9.90 Å². The van der Waals surface area contributed by atoms with Gasteiger partial charge in [0.1, 0.15) is 17.0 Å². The first-order valence-corrected chi connectivity index (χ1v) is 8.73. The Bertz CT molecular complexity index is 958. The van der Waals surface area contributed by atoms with Crippen LogP contribution in [0.5, 0.6) is 0 Å². The summed E-state index contributed by atoms with van der Waals surface area (Å²) in [5.74, 6) is -0.137. The van der Waals surface area contributed by atoms with Gasteiger partial charge in [-0.2, -0.15) is 5.10 Å². The Morgan fingerprint density at radius 2 is 2.08 bits per heavy atom. The maximum Gasteiger partial charge on any atom is 0.271 e. The minimum Gasteiger partial charge on any atom is -0.383 e. The summed E-state index contributed by atoms with van der Waals surface area (Å²) in [6.07, 6.45) is 2.47. The Hall–Kier alpha value is -2.86. The van der Waals surface area contributed by atoms with Crippen molar-refractivity contribution >= 4 is 5.91 Å². The van der Waals surface area contributed by atoms with Gasteiger partial charge in [-0.1, -0.05) is 24.3 Å². The molecule has 1 fully saturated rings. The summed E-state index contributed by atoms with van der Waals surface area (Å²) in [5, 5.41) is 18.2. The molecule has 3 heterocycles. The summed E-state index contributed by atoms with van der Waals surface area (Å²) < 4.78 is 1.96. The standard InChI is InChI=1S/C20H22N4O2/c1-14-6-3-4-7-15(14)20(26)9-11-24(13-20)19(25)17-12-16(21-22-17)18-8-5-10-23(18)2/h3-8,10,12,26H,9,11,13H2,1-2H3,(H,21,22). The molecule has 1 saturated heterocycles. The lowest BCUT2D eigenvalue weighted by Crippen LogP contribution is -2.35. The maximum absolute atomic E-state index is 12.9. The van der Waals surface area contributed by atoms with E-state index in [9.17, 15) is 9.90 Å². The van der Waals surface area contributed by atoms with Gasteiger partial charge in [0.05, 0.1) is 12.2 Å². The topological polar surface area (TPSA) is 74.2 Å². The zero-order valence-corrected chi connectivity index (χ0v) is 14.9. The number of likely N-dealkylation sites (tertiary alicyclic amines) is 1. The quantitative estimate of drug-likeness (QED) is 0.762. The zero-order chi connectivity index (χ0) is 18.3. The van der Waals surface area contributed by atoms with Gasteiger partial charge in [0.2, 0.25) is 0 Å². The molecule has 134 valence electrons. The van der Waals surface area contributed by atoms with E-state index in [1.54, 1.807) is 11.0 Å². The molecule has 6 heteroatoms. The van der Waals surface area contributed by atoms with Crippen LogP contribution in [0.15, 0.2) is 48.7 Å². The van der Waals surface area contributed by atoms with Crippen molar-refractivity contribution in [3.05, 3.63) is 65.5 Å². The summed E-state index contributed by atoms with van der Waals surface area (Å²) in [6, 6.07) is 13.5. The number of hydrogen-bond acceptors (Lipinski definition) is 3. The number of carbonyl (C=O) groups is 1. The molecule has 1 aliphatic rings. The van der Waals surface area contributed by atoms with E-state index in [1.165, 1.54) is 0 Å². The highest BCUT2D eigenvalue weighted by molar-refractivity contribution is 5.93. The van der Waals surface area contributed by atoms with Gasteiger partial charge in [0, 0.05) is 19.8 Å². The second kappa shape index (κ2) is 6.14. The third-order valence-corrected chi connectivity index (χ3v) is 5.20. The van der Waals surface area contributed by atoms with Gasteiger partial charge >= 0.3 is 0 Å². The zero-order valence-electron chi connectivity index (χ0n) is 14.9. The predicted octanol–water partition coefficient (Wildman–Crippen LogP) is 2.46. The molecule has 0 saturated carbocycles. The molecule has 6 nitrogen and oxygen atoms in total. The second-order valence-corrected chi connectivity index (χ2v) is 6.99. The van der Waals surface area contributed by atoms with Crippen LogP contribution in [0.2, 0.25) is 0 Å². The number of carbonyl (C=O) groups excluding carboxylic acids is 1. The lowest BCUT2D eigenvalue weighted by molar-refractivity contribution is 0.0410. The molecule has 1 amide bonds. The average Bonchev–Trinajstić information content (AvgIpc) is 3.34. The molecule has 26 heavy (non-hydrogen) atoms. The van der Waals surface area contributed by atoms with Crippen LogP contribution in [-0.2, 0) is 12.6 Å². The number of benzene rings is 1. The molecule has 1 atom stereocenters. The molecule has 0 spiro atoms. The monoisotopic (exact) mass is 350 g/mol. The fraction of sp³-hybridized carbons (Fsp3) is 0.300. The van der Waals surface area contributed by atoms with E-state index >= 15 is 0 Å². The molecule has 0 bridgehead atoms. The molecule has 1 unspecified atom stereocenters. The Balaban J connectivity index is 1.54. The van der Waals surface area contributed by atoms with E-state index in [0.717, 1.165) is 22.5 Å². The summed E-state index contributed by atoms with van der Waals surface area (Å²) in [7, 11) is 1.94. The first-order valence-electron chi connectivity index (χ1n) is 8.73. The molecule has 3 aromatic rings. The number of aryl methyl sites for hydroxylation is 2. The largest absolute Gasteiger partial charge is 0.383 e. The Labute approximate surface area is 152 Å². The van der Waals surface area contributed by atoms with Crippen molar-refractivity contribution in [2.24, 2.45) is 7.05 Å². The van der Waals surface area contributed by atoms with Crippen molar-refractivity contribution in [1.29, 1.82) is 0 Å². The lowest BCUT2D eigenvalue weighted by Gasteiger charge is -2.25. The van der Waals surface area contributed by atoms with Crippen molar-refractivity contribution in [2.75, 3.05) is 13.1 Å². The first kappa shape index (κ1) is 16.6. The first-order chi connectivity index (χ1) is 12.5. The molecular formula is C20H22N4O2. The number of aromatic nitrogens is 3. The van der Waals surface area contributed by atoms with Crippen LogP contribution in [0.1, 0.15) is 28.0 Å². The number of rotatable bonds is 3. The Morgan fingerprint density at radius 1 is 1.27 bits per heavy atom. The molecular weight excluding hydrogens is 328 g/mol. The van der Waals surface area contributed by atoms with Crippen LogP contribution < -0.4 is 0 Å². The van der Waals surface area contributed by atoms with Gasteiger partial charge in [-0.25, -0.2) is 0 Å². The highest BCUT2D eigenvalue weighted by atomic mass is 16.3. The third-order valence-electron chi connectivity index (χ3n) is 5.20. The van der Waals surface area contributed by atoms with Crippen LogP contribution >= 0.6 is 0 Å². The van der Waals surface area contributed by atoms with Crippen molar-refractivity contribution in [3.63, 3.8) is 0 Å². The van der Waals surface area contributed by atoms with Crippen molar-refractivity contribution in [3.8, 4) is 11.4 Å².